The summed E-state index contributed by atoms with van der Waals surface area (Å²) in [5.74, 6) is 1.00. The van der Waals surface area contributed by atoms with E-state index in [4.69, 9.17) is 11.6 Å². The van der Waals surface area contributed by atoms with Crippen molar-refractivity contribution in [3.63, 3.8) is 0 Å². The Hall–Kier alpha value is -0.540. The minimum Gasteiger partial charge on any atom is -0.352 e. The number of carbonyl (C=O) groups is 1. The first-order chi connectivity index (χ1) is 8.04. The molecule has 0 heterocycles. The number of halogens is 2. The highest BCUT2D eigenvalue weighted by Gasteiger charge is 2.08. The van der Waals surface area contributed by atoms with Gasteiger partial charge in [-0.25, -0.2) is 0 Å². The molecule has 0 saturated carbocycles. The minimum atomic E-state index is -0.0351. The van der Waals surface area contributed by atoms with E-state index in [1.165, 1.54) is 0 Å². The topological polar surface area (TPSA) is 29.1 Å². The summed E-state index contributed by atoms with van der Waals surface area (Å²) < 4.78 is 0.957. The van der Waals surface area contributed by atoms with Crippen molar-refractivity contribution in [1.29, 1.82) is 0 Å². The molecule has 0 spiro atoms. The van der Waals surface area contributed by atoms with Gasteiger partial charge in [0.1, 0.15) is 0 Å². The summed E-state index contributed by atoms with van der Waals surface area (Å²) in [6.07, 6.45) is 0.916. The minimum absolute atomic E-state index is 0.0351. The maximum Gasteiger partial charge on any atom is 0.251 e. The maximum absolute atomic E-state index is 11.9. The van der Waals surface area contributed by atoms with Gasteiger partial charge in [0.25, 0.3) is 5.91 Å². The van der Waals surface area contributed by atoms with Crippen LogP contribution >= 0.6 is 27.5 Å². The predicted molar refractivity (Wildman–Crippen MR) is 75.7 cm³/mol. The van der Waals surface area contributed by atoms with Crippen molar-refractivity contribution in [2.24, 2.45) is 5.92 Å². The second-order valence-electron chi connectivity index (χ2n) is 4.26. The summed E-state index contributed by atoms with van der Waals surface area (Å²) in [5.41, 5.74) is 1.80. The Labute approximate surface area is 116 Å². The number of rotatable bonds is 5. The number of hydrogen-bond acceptors (Lipinski definition) is 1. The largest absolute Gasteiger partial charge is 0.352 e. The smallest absolute Gasteiger partial charge is 0.251 e. The summed E-state index contributed by atoms with van der Waals surface area (Å²) in [7, 11) is 0. The molecular weight excluding hydrogens is 302 g/mol. The van der Waals surface area contributed by atoms with Crippen molar-refractivity contribution in [2.45, 2.75) is 20.3 Å². The molecule has 4 heteroatoms. The molecule has 0 aliphatic heterocycles. The molecule has 1 N–H and O–H groups in total. The normalized spacial score (nSPS) is 12.2. The lowest BCUT2D eigenvalue weighted by Gasteiger charge is -2.11. The molecule has 0 aliphatic rings. The van der Waals surface area contributed by atoms with E-state index in [0.717, 1.165) is 16.5 Å². The maximum atomic E-state index is 11.9. The molecule has 1 atom stereocenters. The van der Waals surface area contributed by atoms with Crippen LogP contribution in [0.5, 0.6) is 0 Å². The van der Waals surface area contributed by atoms with Gasteiger partial charge in [0.05, 0.1) is 0 Å². The molecule has 0 fully saturated rings. The molecule has 1 aromatic rings. The summed E-state index contributed by atoms with van der Waals surface area (Å²) in [5, 5.41) is 2.91. The lowest BCUT2D eigenvalue weighted by molar-refractivity contribution is 0.0948. The Kier molecular flexibility index (Phi) is 6.00. The molecule has 1 rings (SSSR count). The zero-order valence-corrected chi connectivity index (χ0v) is 12.4. The zero-order chi connectivity index (χ0) is 12.8. The van der Waals surface area contributed by atoms with E-state index in [1.54, 1.807) is 0 Å². The quantitative estimate of drug-likeness (QED) is 0.823. The molecule has 0 bridgehead atoms. The number of benzene rings is 1. The molecule has 1 unspecified atom stereocenters. The van der Waals surface area contributed by atoms with Gasteiger partial charge in [-0.3, -0.25) is 4.79 Å². The van der Waals surface area contributed by atoms with Crippen molar-refractivity contribution < 1.29 is 4.79 Å². The molecule has 1 aromatic carbocycles. The Morgan fingerprint density at radius 3 is 2.82 bits per heavy atom. The molecule has 0 radical (unpaired) electrons. The van der Waals surface area contributed by atoms with Gasteiger partial charge in [-0.05, 0) is 37.0 Å². The van der Waals surface area contributed by atoms with Crippen LogP contribution in [0.25, 0.3) is 0 Å². The summed E-state index contributed by atoms with van der Waals surface area (Å²) >= 11 is 9.07. The van der Waals surface area contributed by atoms with E-state index in [1.807, 2.05) is 25.1 Å². The molecule has 17 heavy (non-hydrogen) atoms. The van der Waals surface area contributed by atoms with Crippen molar-refractivity contribution >= 4 is 33.4 Å². The first-order valence-electron chi connectivity index (χ1n) is 5.65. The van der Waals surface area contributed by atoms with Crippen LogP contribution in [-0.2, 0) is 0 Å². The van der Waals surface area contributed by atoms with E-state index in [0.29, 0.717) is 23.9 Å². The Bertz CT molecular complexity index is 395. The van der Waals surface area contributed by atoms with Gasteiger partial charge in [-0.2, -0.15) is 0 Å². The second kappa shape index (κ2) is 7.02. The Morgan fingerprint density at radius 2 is 2.24 bits per heavy atom. The second-order valence-corrected chi connectivity index (χ2v) is 5.49. The fourth-order valence-corrected chi connectivity index (χ4v) is 2.14. The third-order valence-electron chi connectivity index (χ3n) is 2.65. The molecule has 2 nitrogen and oxygen atoms in total. The van der Waals surface area contributed by atoms with Crippen LogP contribution in [0.4, 0.5) is 0 Å². The van der Waals surface area contributed by atoms with Gasteiger partial charge >= 0.3 is 0 Å². The number of nitrogens with one attached hydrogen (secondary N) is 1. The number of carbonyl (C=O) groups excluding carboxylic acids is 1. The van der Waals surface area contributed by atoms with Crippen molar-refractivity contribution in [3.05, 3.63) is 33.8 Å². The predicted octanol–water partition coefficient (Wildman–Crippen LogP) is 3.75. The molecule has 0 aliphatic carbocycles. The lowest BCUT2D eigenvalue weighted by atomic mass is 10.1. The first kappa shape index (κ1) is 14.5. The van der Waals surface area contributed by atoms with Crippen LogP contribution in [-0.4, -0.2) is 18.3 Å². The monoisotopic (exact) mass is 317 g/mol. The highest BCUT2D eigenvalue weighted by Crippen LogP contribution is 2.17. The van der Waals surface area contributed by atoms with Crippen LogP contribution < -0.4 is 5.32 Å². The van der Waals surface area contributed by atoms with Gasteiger partial charge in [0.15, 0.2) is 0 Å². The molecule has 0 aromatic heterocycles. The standard InChI is InChI=1S/C13H17BrClNO/c1-9(5-6-15)8-16-13(17)11-4-3-10(2)12(14)7-11/h3-4,7,9H,5-6,8H2,1-2H3,(H,16,17). The molecule has 94 valence electrons. The fraction of sp³-hybridized carbons (Fsp3) is 0.462. The van der Waals surface area contributed by atoms with Crippen LogP contribution in [0.15, 0.2) is 22.7 Å². The summed E-state index contributed by atoms with van der Waals surface area (Å²) in [4.78, 5) is 11.9. The van der Waals surface area contributed by atoms with Gasteiger partial charge in [0.2, 0.25) is 0 Å². The Balaban J connectivity index is 2.55. The molecule has 1 amide bonds. The fourth-order valence-electron chi connectivity index (χ4n) is 1.39. The average molecular weight is 319 g/mol. The molecular formula is C13H17BrClNO. The van der Waals surface area contributed by atoms with Crippen molar-refractivity contribution in [1.82, 2.24) is 5.32 Å². The molecule has 0 saturated heterocycles. The van der Waals surface area contributed by atoms with Gasteiger partial charge in [-0.15, -0.1) is 11.6 Å². The van der Waals surface area contributed by atoms with E-state index >= 15 is 0 Å². The lowest BCUT2D eigenvalue weighted by Crippen LogP contribution is -2.28. The summed E-state index contributed by atoms with van der Waals surface area (Å²) in [6, 6.07) is 5.61. The zero-order valence-electron chi connectivity index (χ0n) is 10.1. The van der Waals surface area contributed by atoms with Crippen molar-refractivity contribution in [2.75, 3.05) is 12.4 Å². The van der Waals surface area contributed by atoms with Crippen LogP contribution in [0.1, 0.15) is 29.3 Å². The average Bonchev–Trinajstić information content (AvgIpc) is 2.30. The Morgan fingerprint density at radius 1 is 1.53 bits per heavy atom. The third-order valence-corrected chi connectivity index (χ3v) is 3.72. The van der Waals surface area contributed by atoms with E-state index in [2.05, 4.69) is 28.2 Å². The third kappa shape index (κ3) is 4.68. The van der Waals surface area contributed by atoms with Gasteiger partial charge in [-0.1, -0.05) is 28.9 Å². The van der Waals surface area contributed by atoms with Crippen LogP contribution in [0.3, 0.4) is 0 Å². The van der Waals surface area contributed by atoms with Crippen molar-refractivity contribution in [3.8, 4) is 0 Å². The van der Waals surface area contributed by atoms with E-state index < -0.39 is 0 Å². The number of alkyl halides is 1. The van der Waals surface area contributed by atoms with E-state index in [9.17, 15) is 4.79 Å². The SMILES string of the molecule is Cc1ccc(C(=O)NCC(C)CCCl)cc1Br. The number of hydrogen-bond donors (Lipinski definition) is 1. The van der Waals surface area contributed by atoms with Gasteiger partial charge < -0.3 is 5.32 Å². The highest BCUT2D eigenvalue weighted by atomic mass is 79.9. The highest BCUT2D eigenvalue weighted by molar-refractivity contribution is 9.10. The van der Waals surface area contributed by atoms with Crippen LogP contribution in [0, 0.1) is 12.8 Å². The number of amides is 1. The summed E-state index contributed by atoms with van der Waals surface area (Å²) in [6.45, 7) is 4.74. The number of aryl methyl sites for hydroxylation is 1. The first-order valence-corrected chi connectivity index (χ1v) is 6.97. The van der Waals surface area contributed by atoms with E-state index in [-0.39, 0.29) is 5.91 Å². The van der Waals surface area contributed by atoms with Crippen LogP contribution in [0.2, 0.25) is 0 Å². The van der Waals surface area contributed by atoms with Gasteiger partial charge in [0, 0.05) is 22.5 Å².